The molecule has 0 radical (unpaired) electrons. The van der Waals surface area contributed by atoms with Gasteiger partial charge in [-0.25, -0.2) is 4.98 Å². The first-order valence-electron chi connectivity index (χ1n) is 5.48. The van der Waals surface area contributed by atoms with Crippen molar-refractivity contribution < 1.29 is 0 Å². The number of hydrogen-bond acceptors (Lipinski definition) is 1. The number of benzene rings is 1. The highest BCUT2D eigenvalue weighted by molar-refractivity contribution is 9.10. The van der Waals surface area contributed by atoms with Crippen molar-refractivity contribution >= 4 is 27.0 Å². The van der Waals surface area contributed by atoms with Gasteiger partial charge >= 0.3 is 0 Å². The molecule has 17 heavy (non-hydrogen) atoms. The molecule has 0 saturated heterocycles. The van der Waals surface area contributed by atoms with Gasteiger partial charge in [-0.3, -0.25) is 0 Å². The maximum absolute atomic E-state index is 4.39. The van der Waals surface area contributed by atoms with Gasteiger partial charge in [-0.05, 0) is 41.8 Å². The second-order valence-corrected chi connectivity index (χ2v) is 4.98. The molecule has 0 bridgehead atoms. The summed E-state index contributed by atoms with van der Waals surface area (Å²) in [6, 6.07) is 12.6. The average molecular weight is 287 g/mol. The highest BCUT2D eigenvalue weighted by atomic mass is 79.9. The van der Waals surface area contributed by atoms with E-state index in [0.717, 1.165) is 16.5 Å². The fourth-order valence-corrected chi connectivity index (χ4v) is 2.18. The van der Waals surface area contributed by atoms with Crippen molar-refractivity contribution in [3.8, 4) is 0 Å². The number of hydrogen-bond donors (Lipinski definition) is 1. The molecule has 84 valence electrons. The fourth-order valence-electron chi connectivity index (χ4n) is 1.92. The van der Waals surface area contributed by atoms with Gasteiger partial charge < -0.3 is 4.98 Å². The van der Waals surface area contributed by atoms with Crippen molar-refractivity contribution in [2.75, 3.05) is 0 Å². The minimum atomic E-state index is 0.918. The molecular formula is C14H11BrN2. The standard InChI is InChI=1S/C14H11BrN2/c15-13-3-1-10(2-4-13)7-11-8-12-5-6-16-14(12)17-9-11/h1-6,8-9H,7H2,(H,16,17). The third-order valence-corrected chi connectivity index (χ3v) is 3.31. The second kappa shape index (κ2) is 4.34. The zero-order valence-electron chi connectivity index (χ0n) is 9.15. The van der Waals surface area contributed by atoms with Crippen LogP contribution in [0.25, 0.3) is 11.0 Å². The van der Waals surface area contributed by atoms with Crippen LogP contribution in [0.1, 0.15) is 11.1 Å². The second-order valence-electron chi connectivity index (χ2n) is 4.06. The Labute approximate surface area is 108 Å². The van der Waals surface area contributed by atoms with Crippen LogP contribution in [0.2, 0.25) is 0 Å². The smallest absolute Gasteiger partial charge is 0.137 e. The number of aromatic amines is 1. The van der Waals surface area contributed by atoms with E-state index in [9.17, 15) is 0 Å². The van der Waals surface area contributed by atoms with Crippen LogP contribution in [0.5, 0.6) is 0 Å². The maximum Gasteiger partial charge on any atom is 0.137 e. The van der Waals surface area contributed by atoms with Crippen LogP contribution < -0.4 is 0 Å². The van der Waals surface area contributed by atoms with E-state index in [4.69, 9.17) is 0 Å². The Balaban J connectivity index is 1.91. The van der Waals surface area contributed by atoms with Gasteiger partial charge in [-0.2, -0.15) is 0 Å². The molecule has 0 aliphatic rings. The summed E-state index contributed by atoms with van der Waals surface area (Å²) in [7, 11) is 0. The van der Waals surface area contributed by atoms with E-state index in [1.54, 1.807) is 0 Å². The lowest BCUT2D eigenvalue weighted by Gasteiger charge is -2.02. The normalized spacial score (nSPS) is 10.9. The summed E-state index contributed by atoms with van der Waals surface area (Å²) in [5.41, 5.74) is 3.48. The molecule has 0 unspecified atom stereocenters. The van der Waals surface area contributed by atoms with Crippen molar-refractivity contribution in [2.45, 2.75) is 6.42 Å². The average Bonchev–Trinajstić information content (AvgIpc) is 2.79. The Morgan fingerprint density at radius 3 is 2.71 bits per heavy atom. The van der Waals surface area contributed by atoms with Crippen LogP contribution in [0.4, 0.5) is 0 Å². The number of H-pyrrole nitrogens is 1. The van der Waals surface area contributed by atoms with E-state index < -0.39 is 0 Å². The molecule has 0 spiro atoms. The first-order chi connectivity index (χ1) is 8.31. The van der Waals surface area contributed by atoms with Crippen molar-refractivity contribution in [1.29, 1.82) is 0 Å². The lowest BCUT2D eigenvalue weighted by atomic mass is 10.1. The van der Waals surface area contributed by atoms with E-state index >= 15 is 0 Å². The Hall–Kier alpha value is -1.61. The van der Waals surface area contributed by atoms with Gasteiger partial charge in [0.15, 0.2) is 0 Å². The van der Waals surface area contributed by atoms with Gasteiger partial charge in [0.05, 0.1) is 0 Å². The Bertz CT molecular complexity index is 641. The van der Waals surface area contributed by atoms with Crippen molar-refractivity contribution in [3.63, 3.8) is 0 Å². The molecule has 1 N–H and O–H groups in total. The summed E-state index contributed by atoms with van der Waals surface area (Å²) in [5.74, 6) is 0. The predicted molar refractivity (Wildman–Crippen MR) is 73.0 cm³/mol. The Kier molecular flexibility index (Phi) is 2.69. The number of nitrogens with zero attached hydrogens (tertiary/aromatic N) is 1. The molecule has 0 aliphatic heterocycles. The molecule has 0 saturated carbocycles. The van der Waals surface area contributed by atoms with E-state index in [2.05, 4.69) is 56.2 Å². The highest BCUT2D eigenvalue weighted by Gasteiger charge is 2.00. The van der Waals surface area contributed by atoms with Gasteiger partial charge in [-0.1, -0.05) is 28.1 Å². The fraction of sp³-hybridized carbons (Fsp3) is 0.0714. The molecule has 0 atom stereocenters. The van der Waals surface area contributed by atoms with Gasteiger partial charge in [0.1, 0.15) is 5.65 Å². The van der Waals surface area contributed by atoms with Crippen LogP contribution in [-0.4, -0.2) is 9.97 Å². The summed E-state index contributed by atoms with van der Waals surface area (Å²) in [5, 5.41) is 1.17. The van der Waals surface area contributed by atoms with E-state index in [0.29, 0.717) is 0 Å². The zero-order chi connectivity index (χ0) is 11.7. The molecule has 2 nitrogen and oxygen atoms in total. The van der Waals surface area contributed by atoms with E-state index in [-0.39, 0.29) is 0 Å². The summed E-state index contributed by atoms with van der Waals surface area (Å²) in [4.78, 5) is 7.49. The summed E-state index contributed by atoms with van der Waals surface area (Å²) in [6.07, 6.45) is 4.77. The first kappa shape index (κ1) is 10.5. The number of pyridine rings is 1. The summed E-state index contributed by atoms with van der Waals surface area (Å²) >= 11 is 3.44. The number of nitrogens with one attached hydrogen (secondary N) is 1. The number of fused-ring (bicyclic) bond motifs is 1. The number of aromatic nitrogens is 2. The van der Waals surface area contributed by atoms with Crippen LogP contribution >= 0.6 is 15.9 Å². The van der Waals surface area contributed by atoms with Crippen LogP contribution in [0.3, 0.4) is 0 Å². The molecule has 3 aromatic rings. The van der Waals surface area contributed by atoms with Crippen molar-refractivity contribution in [2.24, 2.45) is 0 Å². The van der Waals surface area contributed by atoms with Crippen molar-refractivity contribution in [1.82, 2.24) is 9.97 Å². The summed E-state index contributed by atoms with van der Waals surface area (Å²) < 4.78 is 1.11. The van der Waals surface area contributed by atoms with E-state index in [1.165, 1.54) is 16.5 Å². The quantitative estimate of drug-likeness (QED) is 0.760. The van der Waals surface area contributed by atoms with Gasteiger partial charge in [0.2, 0.25) is 0 Å². The number of halogens is 1. The van der Waals surface area contributed by atoms with Crippen LogP contribution in [-0.2, 0) is 6.42 Å². The predicted octanol–water partition coefficient (Wildman–Crippen LogP) is 3.92. The largest absolute Gasteiger partial charge is 0.346 e. The molecular weight excluding hydrogens is 276 g/mol. The van der Waals surface area contributed by atoms with Crippen LogP contribution in [0, 0.1) is 0 Å². The van der Waals surface area contributed by atoms with Gasteiger partial charge in [0, 0.05) is 22.3 Å². The molecule has 3 rings (SSSR count). The van der Waals surface area contributed by atoms with Crippen molar-refractivity contribution in [3.05, 3.63) is 64.4 Å². The molecule has 1 aromatic carbocycles. The minimum absolute atomic E-state index is 0.918. The monoisotopic (exact) mass is 286 g/mol. The zero-order valence-corrected chi connectivity index (χ0v) is 10.7. The summed E-state index contributed by atoms with van der Waals surface area (Å²) in [6.45, 7) is 0. The first-order valence-corrected chi connectivity index (χ1v) is 6.27. The highest BCUT2D eigenvalue weighted by Crippen LogP contribution is 2.16. The molecule has 0 aliphatic carbocycles. The molecule has 0 amide bonds. The van der Waals surface area contributed by atoms with Gasteiger partial charge in [0.25, 0.3) is 0 Å². The number of rotatable bonds is 2. The lowest BCUT2D eigenvalue weighted by Crippen LogP contribution is -1.89. The van der Waals surface area contributed by atoms with Crippen LogP contribution in [0.15, 0.2) is 53.3 Å². The molecule has 2 aromatic heterocycles. The third kappa shape index (κ3) is 2.24. The van der Waals surface area contributed by atoms with Gasteiger partial charge in [-0.15, -0.1) is 0 Å². The Morgan fingerprint density at radius 1 is 1.06 bits per heavy atom. The topological polar surface area (TPSA) is 28.7 Å². The molecule has 3 heteroatoms. The Morgan fingerprint density at radius 2 is 1.88 bits per heavy atom. The third-order valence-electron chi connectivity index (χ3n) is 2.78. The molecule has 0 fully saturated rings. The minimum Gasteiger partial charge on any atom is -0.346 e. The van der Waals surface area contributed by atoms with E-state index in [1.807, 2.05) is 18.5 Å². The SMILES string of the molecule is Brc1ccc(Cc2cnc3[nH]ccc3c2)cc1. The molecule has 2 heterocycles. The lowest BCUT2D eigenvalue weighted by molar-refractivity contribution is 1.16. The maximum atomic E-state index is 4.39.